The Labute approximate surface area is 212 Å². The van der Waals surface area contributed by atoms with Crippen molar-refractivity contribution in [2.45, 2.75) is 13.0 Å². The van der Waals surface area contributed by atoms with Crippen LogP contribution in [0.25, 0.3) is 6.08 Å². The molecule has 3 aromatic rings. The second-order valence-electron chi connectivity index (χ2n) is 7.86. The number of aromatic nitrogens is 1. The van der Waals surface area contributed by atoms with E-state index < -0.39 is 12.0 Å². The SMILES string of the molecule is C=CCOc1ccc(/C=c2\sc3n(c2=O)C(c2ccc(OC)cc2)C(C(=O)OC)=C(C)N=3)cc1OC. The summed E-state index contributed by atoms with van der Waals surface area (Å²) in [6.45, 7) is 5.75. The Balaban J connectivity index is 1.87. The van der Waals surface area contributed by atoms with Crippen molar-refractivity contribution < 1.29 is 23.7 Å². The summed E-state index contributed by atoms with van der Waals surface area (Å²) in [6.07, 6.45) is 3.42. The molecule has 2 heterocycles. The van der Waals surface area contributed by atoms with E-state index in [-0.39, 0.29) is 5.56 Å². The highest BCUT2D eigenvalue weighted by molar-refractivity contribution is 7.07. The average Bonchev–Trinajstić information content (AvgIpc) is 3.20. The van der Waals surface area contributed by atoms with Crippen LogP contribution in [0.2, 0.25) is 0 Å². The highest BCUT2D eigenvalue weighted by atomic mass is 32.1. The topological polar surface area (TPSA) is 88.4 Å². The predicted octanol–water partition coefficient (Wildman–Crippen LogP) is 2.99. The molecular weight excluding hydrogens is 480 g/mol. The van der Waals surface area contributed by atoms with E-state index in [0.29, 0.717) is 44.5 Å². The number of hydrogen-bond acceptors (Lipinski definition) is 8. The molecule has 0 radical (unpaired) electrons. The van der Waals surface area contributed by atoms with Gasteiger partial charge in [-0.15, -0.1) is 0 Å². The van der Waals surface area contributed by atoms with Crippen molar-refractivity contribution in [3.8, 4) is 17.2 Å². The first-order valence-electron chi connectivity index (χ1n) is 11.1. The van der Waals surface area contributed by atoms with E-state index in [9.17, 15) is 9.59 Å². The van der Waals surface area contributed by atoms with Crippen molar-refractivity contribution in [2.24, 2.45) is 4.99 Å². The zero-order chi connectivity index (χ0) is 25.8. The molecule has 0 bridgehead atoms. The lowest BCUT2D eigenvalue weighted by Gasteiger charge is -2.24. The first-order chi connectivity index (χ1) is 17.4. The van der Waals surface area contributed by atoms with Crippen molar-refractivity contribution in [3.63, 3.8) is 0 Å². The van der Waals surface area contributed by atoms with Gasteiger partial charge in [-0.2, -0.15) is 0 Å². The quantitative estimate of drug-likeness (QED) is 0.345. The number of rotatable bonds is 8. The Morgan fingerprint density at radius 3 is 2.50 bits per heavy atom. The van der Waals surface area contributed by atoms with Crippen molar-refractivity contribution in [3.05, 3.63) is 97.2 Å². The summed E-state index contributed by atoms with van der Waals surface area (Å²) < 4.78 is 23.4. The molecule has 0 N–H and O–H groups in total. The highest BCUT2D eigenvalue weighted by Gasteiger charge is 2.33. The fourth-order valence-electron chi connectivity index (χ4n) is 3.99. The maximum atomic E-state index is 13.7. The minimum atomic E-state index is -0.689. The van der Waals surface area contributed by atoms with E-state index in [1.807, 2.05) is 18.2 Å². The van der Waals surface area contributed by atoms with Gasteiger partial charge in [-0.25, -0.2) is 9.79 Å². The highest BCUT2D eigenvalue weighted by Crippen LogP contribution is 2.32. The molecule has 8 nitrogen and oxygen atoms in total. The molecule has 0 saturated carbocycles. The molecule has 0 fully saturated rings. The third kappa shape index (κ3) is 4.70. The van der Waals surface area contributed by atoms with Gasteiger partial charge in [0.25, 0.3) is 5.56 Å². The van der Waals surface area contributed by atoms with E-state index in [2.05, 4.69) is 11.6 Å². The second-order valence-corrected chi connectivity index (χ2v) is 8.87. The van der Waals surface area contributed by atoms with Gasteiger partial charge in [0.05, 0.1) is 43.2 Å². The van der Waals surface area contributed by atoms with Crippen LogP contribution in [0, 0.1) is 0 Å². The molecule has 0 spiro atoms. The molecule has 2 aromatic carbocycles. The van der Waals surface area contributed by atoms with E-state index >= 15 is 0 Å². The van der Waals surface area contributed by atoms with Gasteiger partial charge in [-0.3, -0.25) is 9.36 Å². The number of hydrogen-bond donors (Lipinski definition) is 0. The van der Waals surface area contributed by atoms with E-state index in [4.69, 9.17) is 18.9 Å². The minimum absolute atomic E-state index is 0.264. The Bertz CT molecular complexity index is 1520. The van der Waals surface area contributed by atoms with E-state index in [0.717, 1.165) is 11.1 Å². The molecule has 0 saturated heterocycles. The first kappa shape index (κ1) is 25.0. The summed E-state index contributed by atoms with van der Waals surface area (Å²) in [5.41, 5.74) is 2.05. The number of nitrogens with zero attached hydrogens (tertiary/aromatic N) is 2. The molecule has 0 amide bonds. The first-order valence-corrected chi connectivity index (χ1v) is 11.9. The summed E-state index contributed by atoms with van der Waals surface area (Å²) in [6, 6.07) is 12.0. The molecule has 0 aliphatic carbocycles. The van der Waals surface area contributed by atoms with Crippen LogP contribution in [0.1, 0.15) is 24.1 Å². The van der Waals surface area contributed by atoms with Crippen LogP contribution in [-0.2, 0) is 9.53 Å². The Kier molecular flexibility index (Phi) is 7.40. The minimum Gasteiger partial charge on any atom is -0.497 e. The van der Waals surface area contributed by atoms with Crippen molar-refractivity contribution in [1.29, 1.82) is 0 Å². The number of thiazole rings is 1. The summed E-state index contributed by atoms with van der Waals surface area (Å²) >= 11 is 1.25. The zero-order valence-electron chi connectivity index (χ0n) is 20.4. The number of fused-ring (bicyclic) bond motifs is 1. The van der Waals surface area contributed by atoms with Crippen LogP contribution >= 0.6 is 11.3 Å². The number of carbonyl (C=O) groups is 1. The Morgan fingerprint density at radius 1 is 1.11 bits per heavy atom. The molecule has 1 aliphatic heterocycles. The maximum Gasteiger partial charge on any atom is 0.338 e. The molecule has 1 aliphatic rings. The van der Waals surface area contributed by atoms with Gasteiger partial charge < -0.3 is 18.9 Å². The monoisotopic (exact) mass is 506 g/mol. The molecule has 36 heavy (non-hydrogen) atoms. The van der Waals surface area contributed by atoms with Crippen LogP contribution in [0.4, 0.5) is 0 Å². The largest absolute Gasteiger partial charge is 0.497 e. The van der Waals surface area contributed by atoms with Crippen LogP contribution in [0.5, 0.6) is 17.2 Å². The maximum absolute atomic E-state index is 13.7. The Morgan fingerprint density at radius 2 is 1.86 bits per heavy atom. The van der Waals surface area contributed by atoms with Gasteiger partial charge in [0, 0.05) is 0 Å². The van der Waals surface area contributed by atoms with Crippen LogP contribution in [0.15, 0.2) is 76.2 Å². The number of benzene rings is 2. The van der Waals surface area contributed by atoms with Crippen LogP contribution in [-0.4, -0.2) is 38.5 Å². The molecule has 186 valence electrons. The zero-order valence-corrected chi connectivity index (χ0v) is 21.3. The van der Waals surface area contributed by atoms with E-state index in [1.165, 1.54) is 23.0 Å². The van der Waals surface area contributed by atoms with Gasteiger partial charge in [-0.1, -0.05) is 42.2 Å². The second kappa shape index (κ2) is 10.7. The number of carbonyl (C=O) groups excluding carboxylic acids is 1. The number of allylic oxidation sites excluding steroid dienone is 1. The standard InChI is InChI=1S/C27H26N2O6S/c1-6-13-35-20-12-7-17(14-21(20)33-4)15-22-25(30)29-24(18-8-10-19(32-3)11-9-18)23(26(31)34-5)16(2)28-27(29)36-22/h6-12,14-15,24H,1,13H2,2-5H3/b22-15-. The van der Waals surface area contributed by atoms with Crippen molar-refractivity contribution in [1.82, 2.24) is 4.57 Å². The summed E-state index contributed by atoms with van der Waals surface area (Å²) in [7, 11) is 4.45. The third-order valence-electron chi connectivity index (χ3n) is 5.70. The molecule has 9 heteroatoms. The number of methoxy groups -OCH3 is 3. The average molecular weight is 507 g/mol. The Hall–Kier alpha value is -4.11. The molecule has 1 atom stereocenters. The van der Waals surface area contributed by atoms with Crippen molar-refractivity contribution >= 4 is 23.4 Å². The van der Waals surface area contributed by atoms with Crippen LogP contribution < -0.4 is 29.1 Å². The van der Waals surface area contributed by atoms with Crippen LogP contribution in [0.3, 0.4) is 0 Å². The van der Waals surface area contributed by atoms with Crippen molar-refractivity contribution in [2.75, 3.05) is 27.9 Å². The fraction of sp³-hybridized carbons (Fsp3) is 0.222. The number of ether oxygens (including phenoxy) is 4. The lowest BCUT2D eigenvalue weighted by atomic mass is 9.96. The lowest BCUT2D eigenvalue weighted by Crippen LogP contribution is -2.39. The normalized spacial score (nSPS) is 15.1. The number of esters is 1. The van der Waals surface area contributed by atoms with E-state index in [1.54, 1.807) is 57.6 Å². The van der Waals surface area contributed by atoms with Gasteiger partial charge in [0.15, 0.2) is 16.3 Å². The van der Waals surface area contributed by atoms with Gasteiger partial charge in [0.2, 0.25) is 0 Å². The summed E-state index contributed by atoms with van der Waals surface area (Å²) in [4.78, 5) is 31.5. The molecule has 1 unspecified atom stereocenters. The molecular formula is C27H26N2O6S. The molecule has 1 aromatic heterocycles. The van der Waals surface area contributed by atoms with Gasteiger partial charge in [0.1, 0.15) is 12.4 Å². The third-order valence-corrected chi connectivity index (χ3v) is 6.68. The lowest BCUT2D eigenvalue weighted by molar-refractivity contribution is -0.136. The predicted molar refractivity (Wildman–Crippen MR) is 137 cm³/mol. The molecule has 4 rings (SSSR count). The van der Waals surface area contributed by atoms with Gasteiger partial charge >= 0.3 is 5.97 Å². The smallest absolute Gasteiger partial charge is 0.338 e. The fourth-order valence-corrected chi connectivity index (χ4v) is 5.03. The summed E-state index contributed by atoms with van der Waals surface area (Å²) in [5, 5.41) is 0. The summed E-state index contributed by atoms with van der Waals surface area (Å²) in [5.74, 6) is 1.25. The van der Waals surface area contributed by atoms with Gasteiger partial charge in [-0.05, 0) is 48.4 Å².